The van der Waals surface area contributed by atoms with E-state index in [1.54, 1.807) is 0 Å². The van der Waals surface area contributed by atoms with E-state index in [0.29, 0.717) is 5.15 Å². The second kappa shape index (κ2) is 5.77. The monoisotopic (exact) mass is 305 g/mol. The van der Waals surface area contributed by atoms with Gasteiger partial charge in [-0.3, -0.25) is 0 Å². The lowest BCUT2D eigenvalue weighted by atomic mass is 10.2. The van der Waals surface area contributed by atoms with Gasteiger partial charge in [0.15, 0.2) is 11.5 Å². The molecule has 0 fully saturated rings. The van der Waals surface area contributed by atoms with Crippen molar-refractivity contribution in [2.45, 2.75) is 26.7 Å². The van der Waals surface area contributed by atoms with E-state index in [0.717, 1.165) is 47.2 Å². The normalized spacial score (nSPS) is 12.5. The minimum atomic E-state index is 0.262. The highest BCUT2D eigenvalue weighted by Crippen LogP contribution is 2.35. The molecule has 0 radical (unpaired) electrons. The van der Waals surface area contributed by atoms with Crippen molar-refractivity contribution in [3.63, 3.8) is 0 Å². The lowest BCUT2D eigenvalue weighted by Crippen LogP contribution is -2.03. The van der Waals surface area contributed by atoms with Gasteiger partial charge in [0, 0.05) is 23.7 Å². The summed E-state index contributed by atoms with van der Waals surface area (Å²) in [4.78, 5) is 8.83. The number of halogens is 1. The molecule has 1 aromatic carbocycles. The molecule has 0 aliphatic carbocycles. The summed E-state index contributed by atoms with van der Waals surface area (Å²) in [5.74, 6) is 2.95. The van der Waals surface area contributed by atoms with Crippen molar-refractivity contribution in [1.82, 2.24) is 9.97 Å². The zero-order chi connectivity index (χ0) is 14.8. The standard InChI is InChI=1S/C15H16ClN3O2/c1-3-4-13-18-14(16)9(2)15(19-13)17-10-5-6-11-12(7-10)21-8-20-11/h5-7H,3-4,8H2,1-2H3,(H,17,18,19). The molecule has 0 bridgehead atoms. The molecule has 0 saturated heterocycles. The number of benzene rings is 1. The van der Waals surface area contributed by atoms with Gasteiger partial charge < -0.3 is 14.8 Å². The van der Waals surface area contributed by atoms with Gasteiger partial charge in [-0.25, -0.2) is 9.97 Å². The van der Waals surface area contributed by atoms with E-state index in [4.69, 9.17) is 21.1 Å². The Morgan fingerprint density at radius 3 is 2.86 bits per heavy atom. The molecule has 1 N–H and O–H groups in total. The maximum absolute atomic E-state index is 6.18. The first-order valence-corrected chi connectivity index (χ1v) is 7.25. The third-order valence-electron chi connectivity index (χ3n) is 3.24. The molecule has 5 nitrogen and oxygen atoms in total. The molecule has 2 heterocycles. The zero-order valence-electron chi connectivity index (χ0n) is 11.9. The minimum Gasteiger partial charge on any atom is -0.454 e. The Hall–Kier alpha value is -2.01. The van der Waals surface area contributed by atoms with Crippen LogP contribution in [0.1, 0.15) is 24.7 Å². The number of aromatic nitrogens is 2. The van der Waals surface area contributed by atoms with Crippen molar-refractivity contribution in [2.24, 2.45) is 0 Å². The number of rotatable bonds is 4. The molecule has 110 valence electrons. The zero-order valence-corrected chi connectivity index (χ0v) is 12.7. The van der Waals surface area contributed by atoms with E-state index in [-0.39, 0.29) is 6.79 Å². The van der Waals surface area contributed by atoms with E-state index in [1.807, 2.05) is 25.1 Å². The average molecular weight is 306 g/mol. The molecule has 3 rings (SSSR count). The number of hydrogen-bond donors (Lipinski definition) is 1. The van der Waals surface area contributed by atoms with Crippen LogP contribution in [0.5, 0.6) is 11.5 Å². The third-order valence-corrected chi connectivity index (χ3v) is 3.61. The van der Waals surface area contributed by atoms with Crippen LogP contribution in [0.2, 0.25) is 5.15 Å². The highest BCUT2D eigenvalue weighted by Gasteiger charge is 2.15. The molecule has 1 aromatic heterocycles. The Balaban J connectivity index is 1.90. The minimum absolute atomic E-state index is 0.262. The van der Waals surface area contributed by atoms with Gasteiger partial charge in [0.2, 0.25) is 6.79 Å². The average Bonchev–Trinajstić information content (AvgIpc) is 2.92. The summed E-state index contributed by atoms with van der Waals surface area (Å²) in [6, 6.07) is 5.68. The molecule has 6 heteroatoms. The fourth-order valence-corrected chi connectivity index (χ4v) is 2.29. The highest BCUT2D eigenvalue weighted by molar-refractivity contribution is 6.30. The van der Waals surface area contributed by atoms with E-state index in [9.17, 15) is 0 Å². The first-order valence-electron chi connectivity index (χ1n) is 6.87. The van der Waals surface area contributed by atoms with Crippen LogP contribution in [0.15, 0.2) is 18.2 Å². The van der Waals surface area contributed by atoms with Crippen molar-refractivity contribution < 1.29 is 9.47 Å². The molecular weight excluding hydrogens is 290 g/mol. The highest BCUT2D eigenvalue weighted by atomic mass is 35.5. The summed E-state index contributed by atoms with van der Waals surface area (Å²) < 4.78 is 10.7. The van der Waals surface area contributed by atoms with Crippen molar-refractivity contribution in [3.05, 3.63) is 34.7 Å². The molecule has 0 saturated carbocycles. The molecule has 21 heavy (non-hydrogen) atoms. The maximum atomic E-state index is 6.18. The van der Waals surface area contributed by atoms with Crippen LogP contribution in [0.25, 0.3) is 0 Å². The molecule has 2 aromatic rings. The molecule has 1 aliphatic rings. The number of ether oxygens (including phenoxy) is 2. The van der Waals surface area contributed by atoms with Crippen molar-refractivity contribution in [3.8, 4) is 11.5 Å². The van der Waals surface area contributed by atoms with Crippen molar-refractivity contribution >= 4 is 23.1 Å². The lowest BCUT2D eigenvalue weighted by molar-refractivity contribution is 0.174. The Morgan fingerprint density at radius 2 is 2.05 bits per heavy atom. The first kappa shape index (κ1) is 13.9. The number of fused-ring (bicyclic) bond motifs is 1. The summed E-state index contributed by atoms with van der Waals surface area (Å²) in [6.45, 7) is 4.24. The van der Waals surface area contributed by atoms with E-state index >= 15 is 0 Å². The summed E-state index contributed by atoms with van der Waals surface area (Å²) in [7, 11) is 0. The molecule has 1 aliphatic heterocycles. The van der Waals surface area contributed by atoms with E-state index in [1.165, 1.54) is 0 Å². The Labute approximate surface area is 128 Å². The third kappa shape index (κ3) is 2.88. The topological polar surface area (TPSA) is 56.3 Å². The van der Waals surface area contributed by atoms with E-state index < -0.39 is 0 Å². The fourth-order valence-electron chi connectivity index (χ4n) is 2.10. The van der Waals surface area contributed by atoms with Crippen LogP contribution in [-0.2, 0) is 6.42 Å². The predicted octanol–water partition coefficient (Wildman–Crippen LogP) is 3.86. The molecule has 0 spiro atoms. The summed E-state index contributed by atoms with van der Waals surface area (Å²) in [5.41, 5.74) is 1.70. The first-order chi connectivity index (χ1) is 10.2. The van der Waals surface area contributed by atoms with Crippen LogP contribution in [0, 0.1) is 6.92 Å². The number of anilines is 2. The van der Waals surface area contributed by atoms with E-state index in [2.05, 4.69) is 22.2 Å². The number of nitrogens with zero attached hydrogens (tertiary/aromatic N) is 2. The summed E-state index contributed by atoms with van der Waals surface area (Å²) in [5, 5.41) is 3.75. The van der Waals surface area contributed by atoms with Gasteiger partial charge in [-0.15, -0.1) is 0 Å². The van der Waals surface area contributed by atoms with Gasteiger partial charge in [-0.05, 0) is 25.5 Å². The van der Waals surface area contributed by atoms with Gasteiger partial charge in [0.25, 0.3) is 0 Å². The number of aryl methyl sites for hydroxylation is 1. The largest absolute Gasteiger partial charge is 0.454 e. The SMILES string of the molecule is CCCc1nc(Cl)c(C)c(Nc2ccc3c(c2)OCO3)n1. The molecular formula is C15H16ClN3O2. The van der Waals surface area contributed by atoms with Crippen LogP contribution in [0.3, 0.4) is 0 Å². The quantitative estimate of drug-likeness (QED) is 0.869. The summed E-state index contributed by atoms with van der Waals surface area (Å²) in [6.07, 6.45) is 1.78. The van der Waals surface area contributed by atoms with Gasteiger partial charge >= 0.3 is 0 Å². The second-order valence-corrected chi connectivity index (χ2v) is 5.21. The summed E-state index contributed by atoms with van der Waals surface area (Å²) >= 11 is 6.18. The van der Waals surface area contributed by atoms with Crippen LogP contribution in [-0.4, -0.2) is 16.8 Å². The predicted molar refractivity (Wildman–Crippen MR) is 81.6 cm³/mol. The van der Waals surface area contributed by atoms with Gasteiger partial charge in [0.05, 0.1) is 0 Å². The van der Waals surface area contributed by atoms with Crippen LogP contribution >= 0.6 is 11.6 Å². The Bertz CT molecular complexity index is 676. The molecule has 0 unspecified atom stereocenters. The Morgan fingerprint density at radius 1 is 1.24 bits per heavy atom. The van der Waals surface area contributed by atoms with Crippen LogP contribution in [0.4, 0.5) is 11.5 Å². The Kier molecular flexibility index (Phi) is 3.84. The fraction of sp³-hybridized carbons (Fsp3) is 0.333. The molecule has 0 amide bonds. The van der Waals surface area contributed by atoms with Crippen molar-refractivity contribution in [1.29, 1.82) is 0 Å². The maximum Gasteiger partial charge on any atom is 0.231 e. The smallest absolute Gasteiger partial charge is 0.231 e. The second-order valence-electron chi connectivity index (χ2n) is 4.85. The number of nitrogens with one attached hydrogen (secondary N) is 1. The lowest BCUT2D eigenvalue weighted by Gasteiger charge is -2.11. The van der Waals surface area contributed by atoms with Gasteiger partial charge in [-0.1, -0.05) is 18.5 Å². The van der Waals surface area contributed by atoms with Crippen LogP contribution < -0.4 is 14.8 Å². The number of hydrogen-bond acceptors (Lipinski definition) is 5. The van der Waals surface area contributed by atoms with Gasteiger partial charge in [0.1, 0.15) is 16.8 Å². The molecule has 0 atom stereocenters. The van der Waals surface area contributed by atoms with Gasteiger partial charge in [-0.2, -0.15) is 0 Å². The van der Waals surface area contributed by atoms with Crippen molar-refractivity contribution in [2.75, 3.05) is 12.1 Å².